The Morgan fingerprint density at radius 1 is 1.25 bits per heavy atom. The number of rotatable bonds is 3. The number of fused-ring (bicyclic) bond motifs is 1. The van der Waals surface area contributed by atoms with Crippen LogP contribution in [-0.2, 0) is 9.59 Å². The van der Waals surface area contributed by atoms with Gasteiger partial charge in [0.25, 0.3) is 0 Å². The Labute approximate surface area is 149 Å². The molecule has 124 valence electrons. The minimum atomic E-state index is -0.201. The second-order valence-corrected chi connectivity index (χ2v) is 6.66. The molecule has 2 N–H and O–H groups in total. The summed E-state index contributed by atoms with van der Waals surface area (Å²) >= 11 is 3.39. The van der Waals surface area contributed by atoms with Crippen LogP contribution >= 0.6 is 15.9 Å². The van der Waals surface area contributed by atoms with Gasteiger partial charge in [-0.05, 0) is 43.3 Å². The average Bonchev–Trinajstić information content (AvgIpc) is 2.68. The highest BCUT2D eigenvalue weighted by molar-refractivity contribution is 9.10. The van der Waals surface area contributed by atoms with Crippen LogP contribution in [0.5, 0.6) is 0 Å². The van der Waals surface area contributed by atoms with Gasteiger partial charge in [-0.25, -0.2) is 0 Å². The van der Waals surface area contributed by atoms with Crippen molar-refractivity contribution in [1.82, 2.24) is 0 Å². The lowest BCUT2D eigenvalue weighted by molar-refractivity contribution is -0.118. The first-order valence-corrected chi connectivity index (χ1v) is 8.54. The van der Waals surface area contributed by atoms with Crippen LogP contribution in [0.2, 0.25) is 0 Å². The van der Waals surface area contributed by atoms with Gasteiger partial charge in [-0.3, -0.25) is 9.59 Å². The molecule has 0 radical (unpaired) electrons. The molecule has 0 spiro atoms. The van der Waals surface area contributed by atoms with Crippen LogP contribution in [0.15, 0.2) is 53.0 Å². The molecule has 0 saturated heterocycles. The normalized spacial score (nSPS) is 16.8. The molecule has 2 amide bonds. The lowest BCUT2D eigenvalue weighted by Crippen LogP contribution is -2.42. The molecule has 0 saturated carbocycles. The lowest BCUT2D eigenvalue weighted by atomic mass is 10.1. The van der Waals surface area contributed by atoms with Crippen LogP contribution in [0.25, 0.3) is 0 Å². The third-order valence-electron chi connectivity index (χ3n) is 3.92. The summed E-state index contributed by atoms with van der Waals surface area (Å²) in [6, 6.07) is 14.8. The van der Waals surface area contributed by atoms with Crippen molar-refractivity contribution < 1.29 is 9.59 Å². The van der Waals surface area contributed by atoms with Gasteiger partial charge in [0, 0.05) is 22.6 Å². The first kappa shape index (κ1) is 16.5. The quantitative estimate of drug-likeness (QED) is 0.844. The number of amides is 2. The molecule has 0 aliphatic carbocycles. The Morgan fingerprint density at radius 3 is 2.71 bits per heavy atom. The number of hydrogen-bond donors (Lipinski definition) is 2. The van der Waals surface area contributed by atoms with Crippen molar-refractivity contribution in [3.05, 3.63) is 53.0 Å². The zero-order valence-electron chi connectivity index (χ0n) is 13.3. The van der Waals surface area contributed by atoms with E-state index in [4.69, 9.17) is 0 Å². The maximum absolute atomic E-state index is 12.8. The second-order valence-electron chi connectivity index (χ2n) is 5.74. The summed E-state index contributed by atoms with van der Waals surface area (Å²) < 4.78 is 0.985. The van der Waals surface area contributed by atoms with Crippen molar-refractivity contribution >= 4 is 44.8 Å². The van der Waals surface area contributed by atoms with Gasteiger partial charge in [0.2, 0.25) is 11.8 Å². The minimum Gasteiger partial charge on any atom is -0.376 e. The number of nitrogens with zero attached hydrogens (tertiary/aromatic N) is 1. The number of halogens is 1. The highest BCUT2D eigenvalue weighted by Gasteiger charge is 2.29. The topological polar surface area (TPSA) is 61.4 Å². The summed E-state index contributed by atoms with van der Waals surface area (Å²) in [4.78, 5) is 26.4. The summed E-state index contributed by atoms with van der Waals surface area (Å²) in [6.45, 7) is 2.05. The molecule has 0 fully saturated rings. The third kappa shape index (κ3) is 3.59. The van der Waals surface area contributed by atoms with Crippen LogP contribution in [-0.4, -0.2) is 24.4 Å². The standard InChI is InChI=1S/C18H18BrN3O2/c1-12-10-17(23)21-15-4-2-3-5-16(15)22(12)18(24)11-20-14-8-6-13(19)7-9-14/h2-9,12,20H,10-11H2,1H3,(H,21,23)/t12-/m0/s1. The molecule has 2 aromatic rings. The summed E-state index contributed by atoms with van der Waals surface area (Å²) in [6.07, 6.45) is 0.276. The third-order valence-corrected chi connectivity index (χ3v) is 4.44. The molecule has 5 nitrogen and oxygen atoms in total. The van der Waals surface area contributed by atoms with E-state index in [0.29, 0.717) is 5.69 Å². The number of hydrogen-bond acceptors (Lipinski definition) is 3. The Balaban J connectivity index is 1.79. The van der Waals surface area contributed by atoms with Gasteiger partial charge < -0.3 is 15.5 Å². The summed E-state index contributed by atoms with van der Waals surface area (Å²) in [5, 5.41) is 5.99. The van der Waals surface area contributed by atoms with Crippen molar-refractivity contribution in [1.29, 1.82) is 0 Å². The molecule has 2 aromatic carbocycles. The summed E-state index contributed by atoms with van der Waals surface area (Å²) in [5.41, 5.74) is 2.28. The molecule has 6 heteroatoms. The first-order chi connectivity index (χ1) is 11.5. The molecule has 24 heavy (non-hydrogen) atoms. The molecule has 1 aliphatic rings. The number of nitrogens with one attached hydrogen (secondary N) is 2. The zero-order chi connectivity index (χ0) is 17.1. The largest absolute Gasteiger partial charge is 0.376 e. The van der Waals surface area contributed by atoms with Gasteiger partial charge in [-0.1, -0.05) is 28.1 Å². The van der Waals surface area contributed by atoms with Gasteiger partial charge in [0.05, 0.1) is 17.9 Å². The van der Waals surface area contributed by atoms with E-state index in [-0.39, 0.29) is 30.8 Å². The van der Waals surface area contributed by atoms with Crippen molar-refractivity contribution in [2.24, 2.45) is 0 Å². The monoisotopic (exact) mass is 387 g/mol. The maximum atomic E-state index is 12.8. The van der Waals surface area contributed by atoms with E-state index in [0.717, 1.165) is 15.8 Å². The smallest absolute Gasteiger partial charge is 0.246 e. The van der Waals surface area contributed by atoms with E-state index in [9.17, 15) is 9.59 Å². The van der Waals surface area contributed by atoms with E-state index in [1.165, 1.54) is 0 Å². The Kier molecular flexibility index (Phi) is 4.85. The van der Waals surface area contributed by atoms with Gasteiger partial charge in [-0.15, -0.1) is 0 Å². The molecule has 3 rings (SSSR count). The van der Waals surface area contributed by atoms with Crippen molar-refractivity contribution in [3.63, 3.8) is 0 Å². The Morgan fingerprint density at radius 2 is 1.96 bits per heavy atom. The SMILES string of the molecule is C[C@H]1CC(=O)Nc2ccccc2N1C(=O)CNc1ccc(Br)cc1. The van der Waals surface area contributed by atoms with Gasteiger partial charge >= 0.3 is 0 Å². The number of anilines is 3. The zero-order valence-corrected chi connectivity index (χ0v) is 14.8. The molecule has 0 aromatic heterocycles. The highest BCUT2D eigenvalue weighted by Crippen LogP contribution is 2.31. The van der Waals surface area contributed by atoms with E-state index in [2.05, 4.69) is 26.6 Å². The van der Waals surface area contributed by atoms with E-state index >= 15 is 0 Å². The molecular formula is C18H18BrN3O2. The fourth-order valence-electron chi connectivity index (χ4n) is 2.80. The predicted octanol–water partition coefficient (Wildman–Crippen LogP) is 3.62. The minimum absolute atomic E-state index is 0.0747. The first-order valence-electron chi connectivity index (χ1n) is 7.75. The average molecular weight is 388 g/mol. The molecular weight excluding hydrogens is 370 g/mol. The Hall–Kier alpha value is -2.34. The van der Waals surface area contributed by atoms with E-state index in [1.54, 1.807) is 4.90 Å². The summed E-state index contributed by atoms with van der Waals surface area (Å²) in [7, 11) is 0. The van der Waals surface area contributed by atoms with Gasteiger partial charge in [0.15, 0.2) is 0 Å². The van der Waals surface area contributed by atoms with Crippen LogP contribution in [0.4, 0.5) is 17.1 Å². The highest BCUT2D eigenvalue weighted by atomic mass is 79.9. The van der Waals surface area contributed by atoms with Crippen molar-refractivity contribution in [2.75, 3.05) is 22.1 Å². The molecule has 1 aliphatic heterocycles. The second kappa shape index (κ2) is 7.05. The number of para-hydroxylation sites is 2. The van der Waals surface area contributed by atoms with Crippen LogP contribution in [0.3, 0.4) is 0 Å². The number of carbonyl (C=O) groups is 2. The van der Waals surface area contributed by atoms with Crippen molar-refractivity contribution in [2.45, 2.75) is 19.4 Å². The fraction of sp³-hybridized carbons (Fsp3) is 0.222. The van der Waals surface area contributed by atoms with Crippen LogP contribution in [0.1, 0.15) is 13.3 Å². The summed E-state index contributed by atoms with van der Waals surface area (Å²) in [5.74, 6) is -0.152. The lowest BCUT2D eigenvalue weighted by Gasteiger charge is -2.28. The van der Waals surface area contributed by atoms with Gasteiger partial charge in [0.1, 0.15) is 0 Å². The molecule has 1 heterocycles. The molecule has 1 atom stereocenters. The van der Waals surface area contributed by atoms with Gasteiger partial charge in [-0.2, -0.15) is 0 Å². The predicted molar refractivity (Wildman–Crippen MR) is 99.3 cm³/mol. The molecule has 0 bridgehead atoms. The maximum Gasteiger partial charge on any atom is 0.246 e. The number of carbonyl (C=O) groups excluding carboxylic acids is 2. The number of benzene rings is 2. The van der Waals surface area contributed by atoms with E-state index in [1.807, 2.05) is 55.5 Å². The van der Waals surface area contributed by atoms with Crippen molar-refractivity contribution in [3.8, 4) is 0 Å². The van der Waals surface area contributed by atoms with Crippen LogP contribution < -0.4 is 15.5 Å². The van der Waals surface area contributed by atoms with E-state index < -0.39 is 0 Å². The fourth-order valence-corrected chi connectivity index (χ4v) is 3.06. The van der Waals surface area contributed by atoms with Crippen LogP contribution in [0, 0.1) is 0 Å². The Bertz CT molecular complexity index is 761. The molecule has 0 unspecified atom stereocenters.